The Morgan fingerprint density at radius 3 is 2.50 bits per heavy atom. The van der Waals surface area contributed by atoms with Crippen LogP contribution in [0.3, 0.4) is 0 Å². The molecule has 1 heterocycles. The summed E-state index contributed by atoms with van der Waals surface area (Å²) < 4.78 is 5.26. The number of morpholine rings is 1. The Hall–Kier alpha value is -0.810. The number of carbonyl (C=O) groups is 1. The molecule has 0 radical (unpaired) electrons. The Balaban J connectivity index is 2.11. The SMILES string of the molecule is CCN(CC)C(=O)NCCN1CCOCC1. The van der Waals surface area contributed by atoms with E-state index in [0.717, 1.165) is 52.5 Å². The predicted molar refractivity (Wildman–Crippen MR) is 63.6 cm³/mol. The van der Waals surface area contributed by atoms with Gasteiger partial charge in [0, 0.05) is 39.3 Å². The Morgan fingerprint density at radius 1 is 1.31 bits per heavy atom. The summed E-state index contributed by atoms with van der Waals surface area (Å²) in [6, 6.07) is 0.0401. The van der Waals surface area contributed by atoms with Crippen LogP contribution in [0.25, 0.3) is 0 Å². The maximum atomic E-state index is 11.6. The van der Waals surface area contributed by atoms with E-state index in [1.165, 1.54) is 0 Å². The van der Waals surface area contributed by atoms with Crippen LogP contribution in [0, 0.1) is 0 Å². The lowest BCUT2D eigenvalue weighted by molar-refractivity contribution is 0.0386. The van der Waals surface area contributed by atoms with Gasteiger partial charge in [-0.2, -0.15) is 0 Å². The molecule has 0 aromatic rings. The summed E-state index contributed by atoms with van der Waals surface area (Å²) in [5, 5.41) is 2.94. The van der Waals surface area contributed by atoms with E-state index >= 15 is 0 Å². The van der Waals surface area contributed by atoms with E-state index in [-0.39, 0.29) is 6.03 Å². The fraction of sp³-hybridized carbons (Fsp3) is 0.909. The number of urea groups is 1. The standard InChI is InChI=1S/C11H23N3O2/c1-3-14(4-2)11(15)12-5-6-13-7-9-16-10-8-13/h3-10H2,1-2H3,(H,12,15). The molecule has 94 valence electrons. The van der Waals surface area contributed by atoms with Crippen LogP contribution in [-0.4, -0.2) is 68.3 Å². The molecule has 5 heteroatoms. The highest BCUT2D eigenvalue weighted by molar-refractivity contribution is 5.74. The van der Waals surface area contributed by atoms with Gasteiger partial charge in [-0.05, 0) is 13.8 Å². The van der Waals surface area contributed by atoms with Gasteiger partial charge in [0.1, 0.15) is 0 Å². The first-order valence-corrected chi connectivity index (χ1v) is 6.10. The maximum absolute atomic E-state index is 11.6. The number of ether oxygens (including phenoxy) is 1. The van der Waals surface area contributed by atoms with Crippen molar-refractivity contribution in [2.45, 2.75) is 13.8 Å². The average molecular weight is 229 g/mol. The third-order valence-corrected chi connectivity index (χ3v) is 2.86. The van der Waals surface area contributed by atoms with Crippen molar-refractivity contribution in [2.24, 2.45) is 0 Å². The molecular weight excluding hydrogens is 206 g/mol. The molecule has 0 aromatic carbocycles. The average Bonchev–Trinajstić information content (AvgIpc) is 2.32. The molecular formula is C11H23N3O2. The van der Waals surface area contributed by atoms with Gasteiger partial charge in [0.15, 0.2) is 0 Å². The lowest BCUT2D eigenvalue weighted by Gasteiger charge is -2.27. The summed E-state index contributed by atoms with van der Waals surface area (Å²) in [4.78, 5) is 15.7. The number of carbonyl (C=O) groups excluding carboxylic acids is 1. The topological polar surface area (TPSA) is 44.8 Å². The second-order valence-corrected chi connectivity index (χ2v) is 3.86. The number of hydrogen-bond donors (Lipinski definition) is 1. The highest BCUT2D eigenvalue weighted by atomic mass is 16.5. The van der Waals surface area contributed by atoms with E-state index in [9.17, 15) is 4.79 Å². The van der Waals surface area contributed by atoms with Gasteiger partial charge in [0.05, 0.1) is 13.2 Å². The molecule has 2 amide bonds. The minimum atomic E-state index is 0.0401. The van der Waals surface area contributed by atoms with E-state index in [1.807, 2.05) is 13.8 Å². The molecule has 0 spiro atoms. The second-order valence-electron chi connectivity index (χ2n) is 3.86. The van der Waals surface area contributed by atoms with Crippen LogP contribution >= 0.6 is 0 Å². The van der Waals surface area contributed by atoms with Gasteiger partial charge >= 0.3 is 6.03 Å². The summed E-state index contributed by atoms with van der Waals surface area (Å²) in [6.45, 7) is 10.7. The first kappa shape index (κ1) is 13.3. The van der Waals surface area contributed by atoms with Gasteiger partial charge in [0.25, 0.3) is 0 Å². The van der Waals surface area contributed by atoms with Crippen molar-refractivity contribution in [2.75, 3.05) is 52.5 Å². The molecule has 1 N–H and O–H groups in total. The number of amides is 2. The summed E-state index contributed by atoms with van der Waals surface area (Å²) in [7, 11) is 0. The van der Waals surface area contributed by atoms with Crippen LogP contribution in [0.1, 0.15) is 13.8 Å². The third-order valence-electron chi connectivity index (χ3n) is 2.86. The van der Waals surface area contributed by atoms with Crippen LogP contribution in [0.4, 0.5) is 4.79 Å². The van der Waals surface area contributed by atoms with Gasteiger partial charge in [0.2, 0.25) is 0 Å². The van der Waals surface area contributed by atoms with Gasteiger partial charge in [-0.3, -0.25) is 4.90 Å². The van der Waals surface area contributed by atoms with Crippen molar-refractivity contribution in [3.8, 4) is 0 Å². The van der Waals surface area contributed by atoms with E-state index in [0.29, 0.717) is 0 Å². The molecule has 1 saturated heterocycles. The van der Waals surface area contributed by atoms with E-state index < -0.39 is 0 Å². The minimum Gasteiger partial charge on any atom is -0.379 e. The number of nitrogens with zero attached hydrogens (tertiary/aromatic N) is 2. The molecule has 1 fully saturated rings. The van der Waals surface area contributed by atoms with Gasteiger partial charge < -0.3 is 15.0 Å². The highest BCUT2D eigenvalue weighted by Crippen LogP contribution is 1.95. The Morgan fingerprint density at radius 2 is 1.94 bits per heavy atom. The predicted octanol–water partition coefficient (Wildman–Crippen LogP) is 0.370. The molecule has 0 bridgehead atoms. The van der Waals surface area contributed by atoms with Crippen molar-refractivity contribution in [1.82, 2.24) is 15.1 Å². The van der Waals surface area contributed by atoms with Crippen molar-refractivity contribution in [3.05, 3.63) is 0 Å². The minimum absolute atomic E-state index is 0.0401. The first-order chi connectivity index (χ1) is 7.77. The number of nitrogens with one attached hydrogen (secondary N) is 1. The Bertz CT molecular complexity index is 201. The van der Waals surface area contributed by atoms with Crippen molar-refractivity contribution < 1.29 is 9.53 Å². The quantitative estimate of drug-likeness (QED) is 0.741. The van der Waals surface area contributed by atoms with Gasteiger partial charge in [-0.1, -0.05) is 0 Å². The molecule has 0 aliphatic carbocycles. The molecule has 1 aliphatic rings. The normalized spacial score (nSPS) is 17.1. The maximum Gasteiger partial charge on any atom is 0.317 e. The molecule has 0 saturated carbocycles. The summed E-state index contributed by atoms with van der Waals surface area (Å²) in [5.74, 6) is 0. The fourth-order valence-corrected chi connectivity index (χ4v) is 1.77. The van der Waals surface area contributed by atoms with Crippen LogP contribution in [0.2, 0.25) is 0 Å². The van der Waals surface area contributed by atoms with E-state index in [4.69, 9.17) is 4.74 Å². The molecule has 0 unspecified atom stereocenters. The summed E-state index contributed by atoms with van der Waals surface area (Å²) in [6.07, 6.45) is 0. The monoisotopic (exact) mass is 229 g/mol. The van der Waals surface area contributed by atoms with Crippen LogP contribution < -0.4 is 5.32 Å². The smallest absolute Gasteiger partial charge is 0.317 e. The van der Waals surface area contributed by atoms with Crippen LogP contribution in [0.15, 0.2) is 0 Å². The van der Waals surface area contributed by atoms with Crippen molar-refractivity contribution in [3.63, 3.8) is 0 Å². The molecule has 0 aromatic heterocycles. The lowest BCUT2D eigenvalue weighted by Crippen LogP contribution is -2.45. The zero-order valence-corrected chi connectivity index (χ0v) is 10.4. The lowest BCUT2D eigenvalue weighted by atomic mass is 10.4. The van der Waals surface area contributed by atoms with Crippen molar-refractivity contribution >= 4 is 6.03 Å². The van der Waals surface area contributed by atoms with Gasteiger partial charge in [-0.15, -0.1) is 0 Å². The zero-order chi connectivity index (χ0) is 11.8. The van der Waals surface area contributed by atoms with E-state index in [1.54, 1.807) is 4.90 Å². The molecule has 0 atom stereocenters. The second kappa shape index (κ2) is 7.46. The van der Waals surface area contributed by atoms with Crippen LogP contribution in [-0.2, 0) is 4.74 Å². The first-order valence-electron chi connectivity index (χ1n) is 6.10. The largest absolute Gasteiger partial charge is 0.379 e. The molecule has 1 aliphatic heterocycles. The number of rotatable bonds is 5. The third kappa shape index (κ3) is 4.37. The van der Waals surface area contributed by atoms with Crippen LogP contribution in [0.5, 0.6) is 0 Å². The highest BCUT2D eigenvalue weighted by Gasteiger charge is 2.11. The molecule has 5 nitrogen and oxygen atoms in total. The summed E-state index contributed by atoms with van der Waals surface area (Å²) in [5.41, 5.74) is 0. The summed E-state index contributed by atoms with van der Waals surface area (Å²) >= 11 is 0. The Labute approximate surface area is 97.7 Å². The zero-order valence-electron chi connectivity index (χ0n) is 10.4. The van der Waals surface area contributed by atoms with Gasteiger partial charge in [-0.25, -0.2) is 4.79 Å². The van der Waals surface area contributed by atoms with Crippen molar-refractivity contribution in [1.29, 1.82) is 0 Å². The molecule has 1 rings (SSSR count). The van der Waals surface area contributed by atoms with E-state index in [2.05, 4.69) is 10.2 Å². The number of hydrogen-bond acceptors (Lipinski definition) is 3. The fourth-order valence-electron chi connectivity index (χ4n) is 1.77. The molecule has 16 heavy (non-hydrogen) atoms. The Kier molecular flexibility index (Phi) is 6.18.